The first kappa shape index (κ1) is 13.3. The summed E-state index contributed by atoms with van der Waals surface area (Å²) in [5.74, 6) is 0.747. The lowest BCUT2D eigenvalue weighted by atomic mass is 10.1. The molecule has 1 aromatic heterocycles. The number of imidazole rings is 1. The Morgan fingerprint density at radius 1 is 1.44 bits per heavy atom. The minimum atomic E-state index is -0.555. The van der Waals surface area contributed by atoms with Crippen molar-refractivity contribution in [1.29, 1.82) is 0 Å². The fourth-order valence-corrected chi connectivity index (χ4v) is 2.47. The van der Waals surface area contributed by atoms with Crippen LogP contribution in [0.3, 0.4) is 0 Å². The molecule has 0 saturated carbocycles. The highest BCUT2D eigenvalue weighted by Crippen LogP contribution is 2.19. The smallest absolute Gasteiger partial charge is 0.137 e. The molecule has 0 saturated heterocycles. The first-order valence-electron chi connectivity index (χ1n) is 6.14. The predicted octanol–water partition coefficient (Wildman–Crippen LogP) is 3.33. The molecule has 1 heterocycles. The number of nitrogens with zero attached hydrogens (tertiary/aromatic N) is 2. The Balaban J connectivity index is 2.11. The highest BCUT2D eigenvalue weighted by atomic mass is 79.9. The van der Waals surface area contributed by atoms with Crippen LogP contribution in [0, 0.1) is 0 Å². The van der Waals surface area contributed by atoms with Crippen LogP contribution in [0.1, 0.15) is 30.8 Å². The molecular weight excluding hydrogens is 292 g/mol. The van der Waals surface area contributed by atoms with E-state index in [1.165, 1.54) is 0 Å². The molecule has 1 unspecified atom stereocenters. The summed E-state index contributed by atoms with van der Waals surface area (Å²) in [6.45, 7) is 3.01. The van der Waals surface area contributed by atoms with Gasteiger partial charge in [-0.2, -0.15) is 0 Å². The van der Waals surface area contributed by atoms with Gasteiger partial charge in [0.1, 0.15) is 11.9 Å². The van der Waals surface area contributed by atoms with Crippen LogP contribution in [0.15, 0.2) is 41.1 Å². The monoisotopic (exact) mass is 308 g/mol. The Hall–Kier alpha value is -1.13. The molecule has 2 rings (SSSR count). The maximum absolute atomic E-state index is 10.3. The summed E-state index contributed by atoms with van der Waals surface area (Å²) < 4.78 is 3.05. The maximum Gasteiger partial charge on any atom is 0.137 e. The fourth-order valence-electron chi connectivity index (χ4n) is 2.03. The molecule has 0 aliphatic rings. The number of aliphatic hydroxyl groups excluding tert-OH is 1. The van der Waals surface area contributed by atoms with Crippen molar-refractivity contribution >= 4 is 15.9 Å². The molecule has 0 radical (unpaired) electrons. The molecule has 18 heavy (non-hydrogen) atoms. The van der Waals surface area contributed by atoms with E-state index in [4.69, 9.17) is 0 Å². The van der Waals surface area contributed by atoms with Gasteiger partial charge in [-0.25, -0.2) is 4.98 Å². The maximum atomic E-state index is 10.3. The Morgan fingerprint density at radius 2 is 2.28 bits per heavy atom. The van der Waals surface area contributed by atoms with Gasteiger partial charge < -0.3 is 9.67 Å². The average Bonchev–Trinajstić information content (AvgIpc) is 2.78. The number of rotatable bonds is 5. The van der Waals surface area contributed by atoms with E-state index in [0.29, 0.717) is 6.42 Å². The van der Waals surface area contributed by atoms with Gasteiger partial charge in [0.25, 0.3) is 0 Å². The zero-order valence-electron chi connectivity index (χ0n) is 10.4. The number of benzene rings is 1. The van der Waals surface area contributed by atoms with Gasteiger partial charge in [0.2, 0.25) is 0 Å². The molecule has 0 aliphatic heterocycles. The third-order valence-corrected chi connectivity index (χ3v) is 3.32. The summed E-state index contributed by atoms with van der Waals surface area (Å²) >= 11 is 3.44. The van der Waals surface area contributed by atoms with E-state index in [9.17, 15) is 5.11 Å². The predicted molar refractivity (Wildman–Crippen MR) is 75.3 cm³/mol. The largest absolute Gasteiger partial charge is 0.385 e. The molecule has 1 atom stereocenters. The van der Waals surface area contributed by atoms with Crippen LogP contribution in [0.4, 0.5) is 0 Å². The summed E-state index contributed by atoms with van der Waals surface area (Å²) in [5.41, 5.74) is 1.10. The van der Waals surface area contributed by atoms with Gasteiger partial charge in [-0.05, 0) is 24.1 Å². The fraction of sp³-hybridized carbons (Fsp3) is 0.357. The Morgan fingerprint density at radius 3 is 3.00 bits per heavy atom. The molecule has 1 N–H and O–H groups in total. The Labute approximate surface area is 116 Å². The molecule has 3 nitrogen and oxygen atoms in total. The topological polar surface area (TPSA) is 38.0 Å². The summed E-state index contributed by atoms with van der Waals surface area (Å²) in [4.78, 5) is 4.25. The van der Waals surface area contributed by atoms with Crippen molar-refractivity contribution < 1.29 is 5.11 Å². The lowest BCUT2D eigenvalue weighted by molar-refractivity contribution is 0.163. The van der Waals surface area contributed by atoms with Crippen molar-refractivity contribution in [1.82, 2.24) is 9.55 Å². The highest BCUT2D eigenvalue weighted by molar-refractivity contribution is 9.10. The Kier molecular flexibility index (Phi) is 4.55. The minimum absolute atomic E-state index is 0.555. The van der Waals surface area contributed by atoms with E-state index in [1.807, 2.05) is 35.0 Å². The molecular formula is C14H17BrN2O. The van der Waals surface area contributed by atoms with Crippen molar-refractivity contribution in [3.63, 3.8) is 0 Å². The van der Waals surface area contributed by atoms with E-state index in [0.717, 1.165) is 28.8 Å². The third kappa shape index (κ3) is 3.21. The lowest BCUT2D eigenvalue weighted by Crippen LogP contribution is -2.10. The van der Waals surface area contributed by atoms with E-state index < -0.39 is 6.10 Å². The van der Waals surface area contributed by atoms with Crippen LogP contribution in [0.25, 0.3) is 0 Å². The summed E-state index contributed by atoms with van der Waals surface area (Å²) in [5, 5.41) is 10.3. The van der Waals surface area contributed by atoms with E-state index in [2.05, 4.69) is 27.8 Å². The van der Waals surface area contributed by atoms with Crippen LogP contribution >= 0.6 is 15.9 Å². The second-order valence-electron chi connectivity index (χ2n) is 4.33. The number of aliphatic hydroxyl groups is 1. The zero-order chi connectivity index (χ0) is 13.0. The van der Waals surface area contributed by atoms with Crippen molar-refractivity contribution in [3.05, 3.63) is 52.5 Å². The van der Waals surface area contributed by atoms with Crippen molar-refractivity contribution in [2.24, 2.45) is 0 Å². The Bertz CT molecular complexity index is 510. The quantitative estimate of drug-likeness (QED) is 0.920. The molecule has 1 aromatic carbocycles. The number of hydrogen-bond donors (Lipinski definition) is 1. The van der Waals surface area contributed by atoms with Gasteiger partial charge in [-0.15, -0.1) is 0 Å². The normalized spacial score (nSPS) is 12.6. The van der Waals surface area contributed by atoms with E-state index in [-0.39, 0.29) is 0 Å². The average molecular weight is 309 g/mol. The second-order valence-corrected chi connectivity index (χ2v) is 5.24. The van der Waals surface area contributed by atoms with E-state index in [1.54, 1.807) is 6.20 Å². The van der Waals surface area contributed by atoms with Crippen LogP contribution in [0.5, 0.6) is 0 Å². The minimum Gasteiger partial charge on any atom is -0.385 e. The number of aryl methyl sites for hydroxylation is 1. The standard InChI is InChI=1S/C14H17BrN2O/c1-2-7-17-8-6-16-14(17)13(18)10-11-4-3-5-12(15)9-11/h3-6,8-9,13,18H,2,7,10H2,1H3. The molecule has 0 spiro atoms. The lowest BCUT2D eigenvalue weighted by Gasteiger charge is -2.13. The molecule has 0 amide bonds. The third-order valence-electron chi connectivity index (χ3n) is 2.83. The number of hydrogen-bond acceptors (Lipinski definition) is 2. The number of aromatic nitrogens is 2. The van der Waals surface area contributed by atoms with Gasteiger partial charge >= 0.3 is 0 Å². The summed E-state index contributed by atoms with van der Waals surface area (Å²) in [6, 6.07) is 8.00. The molecule has 2 aromatic rings. The molecule has 4 heteroatoms. The van der Waals surface area contributed by atoms with Gasteiger partial charge in [-0.3, -0.25) is 0 Å². The van der Waals surface area contributed by atoms with Crippen LogP contribution in [0.2, 0.25) is 0 Å². The van der Waals surface area contributed by atoms with Crippen LogP contribution < -0.4 is 0 Å². The van der Waals surface area contributed by atoms with Crippen molar-refractivity contribution in [3.8, 4) is 0 Å². The zero-order valence-corrected chi connectivity index (χ0v) is 12.0. The van der Waals surface area contributed by atoms with Gasteiger partial charge in [-0.1, -0.05) is 35.0 Å². The van der Waals surface area contributed by atoms with Crippen molar-refractivity contribution in [2.45, 2.75) is 32.4 Å². The van der Waals surface area contributed by atoms with Gasteiger partial charge in [0.05, 0.1) is 0 Å². The summed E-state index contributed by atoms with van der Waals surface area (Å²) in [6.07, 6.45) is 4.73. The van der Waals surface area contributed by atoms with Crippen molar-refractivity contribution in [2.75, 3.05) is 0 Å². The van der Waals surface area contributed by atoms with Gasteiger partial charge in [0, 0.05) is 29.8 Å². The molecule has 0 fully saturated rings. The highest BCUT2D eigenvalue weighted by Gasteiger charge is 2.14. The second kappa shape index (κ2) is 6.16. The van der Waals surface area contributed by atoms with Crippen LogP contribution in [-0.2, 0) is 13.0 Å². The first-order chi connectivity index (χ1) is 8.70. The number of halogens is 1. The SMILES string of the molecule is CCCn1ccnc1C(O)Cc1cccc(Br)c1. The van der Waals surface area contributed by atoms with Gasteiger partial charge in [0.15, 0.2) is 0 Å². The van der Waals surface area contributed by atoms with E-state index >= 15 is 0 Å². The van der Waals surface area contributed by atoms with Crippen LogP contribution in [-0.4, -0.2) is 14.7 Å². The summed E-state index contributed by atoms with van der Waals surface area (Å²) in [7, 11) is 0. The molecule has 96 valence electrons. The molecule has 0 bridgehead atoms. The first-order valence-corrected chi connectivity index (χ1v) is 6.93. The molecule has 0 aliphatic carbocycles.